The van der Waals surface area contributed by atoms with Crippen LogP contribution >= 0.6 is 11.8 Å². The molecule has 1 N–H and O–H groups in total. The highest BCUT2D eigenvalue weighted by atomic mass is 32.2. The molecule has 7 nitrogen and oxygen atoms in total. The number of fused-ring (bicyclic) bond motifs is 2. The third-order valence-corrected chi connectivity index (χ3v) is 6.33. The number of carbonyl (C=O) groups is 1. The van der Waals surface area contributed by atoms with Crippen molar-refractivity contribution in [1.29, 1.82) is 0 Å². The first-order valence-electron chi connectivity index (χ1n) is 10.3. The second-order valence-corrected chi connectivity index (χ2v) is 8.43. The van der Waals surface area contributed by atoms with E-state index >= 15 is 0 Å². The monoisotopic (exact) mass is 446 g/mol. The second-order valence-electron chi connectivity index (χ2n) is 7.49. The normalized spacial score (nSPS) is 15.1. The van der Waals surface area contributed by atoms with Crippen LogP contribution in [-0.4, -0.2) is 37.9 Å². The Kier molecular flexibility index (Phi) is 5.45. The molecule has 3 heterocycles. The number of Topliss-reactive ketones (excluding diaryl/α,β-unsaturated/α-hetero) is 1. The van der Waals surface area contributed by atoms with Crippen molar-refractivity contribution in [2.75, 3.05) is 12.4 Å². The largest absolute Gasteiger partial charge is 0.485 e. The molecule has 0 amide bonds. The topological polar surface area (TPSA) is 82.0 Å². The van der Waals surface area contributed by atoms with E-state index in [1.807, 2.05) is 60.0 Å². The number of aryl methyl sites for hydroxylation is 1. The van der Waals surface area contributed by atoms with Gasteiger partial charge in [-0.3, -0.25) is 9.36 Å². The maximum Gasteiger partial charge on any atom is 0.192 e. The van der Waals surface area contributed by atoms with Crippen molar-refractivity contribution in [3.63, 3.8) is 0 Å². The molecule has 0 spiro atoms. The van der Waals surface area contributed by atoms with E-state index in [2.05, 4.69) is 21.8 Å². The van der Waals surface area contributed by atoms with Gasteiger partial charge in [-0.25, -0.2) is 0 Å². The van der Waals surface area contributed by atoms with Crippen LogP contribution in [0.3, 0.4) is 0 Å². The van der Waals surface area contributed by atoms with Crippen LogP contribution in [0.4, 0.5) is 0 Å². The van der Waals surface area contributed by atoms with Crippen molar-refractivity contribution >= 4 is 28.4 Å². The van der Waals surface area contributed by atoms with E-state index in [9.17, 15) is 4.79 Å². The predicted molar refractivity (Wildman–Crippen MR) is 124 cm³/mol. The molecule has 0 fully saturated rings. The SMILES string of the molecule is C=CCn1c(SCC(=O)c2c(C)[nH]c3ccccc23)nnc1[C@H]1COc2ccccc2O1. The molecular weight excluding hydrogens is 424 g/mol. The fourth-order valence-electron chi connectivity index (χ4n) is 3.93. The fraction of sp³-hybridized carbons (Fsp3) is 0.208. The number of nitrogens with zero attached hydrogens (tertiary/aromatic N) is 3. The van der Waals surface area contributed by atoms with E-state index in [0.717, 1.165) is 22.2 Å². The van der Waals surface area contributed by atoms with Gasteiger partial charge in [-0.15, -0.1) is 16.8 Å². The Labute approximate surface area is 189 Å². The van der Waals surface area contributed by atoms with Gasteiger partial charge in [-0.05, 0) is 25.1 Å². The summed E-state index contributed by atoms with van der Waals surface area (Å²) in [6.45, 7) is 6.62. The van der Waals surface area contributed by atoms with E-state index in [1.165, 1.54) is 11.8 Å². The lowest BCUT2D eigenvalue weighted by Gasteiger charge is -2.26. The molecule has 5 rings (SSSR count). The molecule has 0 aliphatic carbocycles. The molecular formula is C24H22N4O3S. The first kappa shape index (κ1) is 20.4. The van der Waals surface area contributed by atoms with Gasteiger partial charge in [-0.1, -0.05) is 48.2 Å². The van der Waals surface area contributed by atoms with Crippen LogP contribution in [0.15, 0.2) is 66.3 Å². The zero-order valence-corrected chi connectivity index (χ0v) is 18.4. The lowest BCUT2D eigenvalue weighted by atomic mass is 10.1. The van der Waals surface area contributed by atoms with Crippen LogP contribution in [0, 0.1) is 6.92 Å². The Bertz CT molecular complexity index is 1310. The zero-order valence-electron chi connectivity index (χ0n) is 17.6. The van der Waals surface area contributed by atoms with Gasteiger partial charge < -0.3 is 14.5 Å². The molecule has 0 unspecified atom stereocenters. The summed E-state index contributed by atoms with van der Waals surface area (Å²) in [5.74, 6) is 2.34. The average molecular weight is 447 g/mol. The number of hydrogen-bond acceptors (Lipinski definition) is 6. The minimum Gasteiger partial charge on any atom is -0.485 e. The number of carbonyl (C=O) groups excluding carboxylic acids is 1. The smallest absolute Gasteiger partial charge is 0.192 e. The third kappa shape index (κ3) is 3.67. The Balaban J connectivity index is 1.37. The van der Waals surface area contributed by atoms with Gasteiger partial charge in [0, 0.05) is 28.7 Å². The number of benzene rings is 2. The highest BCUT2D eigenvalue weighted by Crippen LogP contribution is 2.36. The minimum absolute atomic E-state index is 0.0471. The number of ether oxygens (including phenoxy) is 2. The van der Waals surface area contributed by atoms with Crippen molar-refractivity contribution in [2.24, 2.45) is 0 Å². The molecule has 0 saturated heterocycles. The highest BCUT2D eigenvalue weighted by molar-refractivity contribution is 7.99. The van der Waals surface area contributed by atoms with Crippen LogP contribution < -0.4 is 9.47 Å². The quantitative estimate of drug-likeness (QED) is 0.251. The van der Waals surface area contributed by atoms with Crippen molar-refractivity contribution in [1.82, 2.24) is 19.7 Å². The molecule has 8 heteroatoms. The molecule has 1 atom stereocenters. The molecule has 2 aromatic carbocycles. The van der Waals surface area contributed by atoms with Crippen LogP contribution in [-0.2, 0) is 6.54 Å². The van der Waals surface area contributed by atoms with Crippen LogP contribution in [0.5, 0.6) is 11.5 Å². The minimum atomic E-state index is -0.390. The summed E-state index contributed by atoms with van der Waals surface area (Å²) in [5.41, 5.74) is 2.56. The van der Waals surface area contributed by atoms with Crippen molar-refractivity contribution in [3.05, 3.63) is 78.3 Å². The number of hydrogen-bond donors (Lipinski definition) is 1. The summed E-state index contributed by atoms with van der Waals surface area (Å²) in [7, 11) is 0. The van der Waals surface area contributed by atoms with E-state index in [1.54, 1.807) is 6.08 Å². The number of allylic oxidation sites excluding steroid dienone is 1. The van der Waals surface area contributed by atoms with Crippen molar-refractivity contribution < 1.29 is 14.3 Å². The third-order valence-electron chi connectivity index (χ3n) is 5.36. The highest BCUT2D eigenvalue weighted by Gasteiger charge is 2.28. The number of rotatable bonds is 7. The number of para-hydroxylation sites is 3. The van der Waals surface area contributed by atoms with Gasteiger partial charge >= 0.3 is 0 Å². The number of aromatic amines is 1. The van der Waals surface area contributed by atoms with E-state index in [-0.39, 0.29) is 11.5 Å². The molecule has 1 aliphatic heterocycles. The number of nitrogens with one attached hydrogen (secondary N) is 1. The van der Waals surface area contributed by atoms with Gasteiger partial charge in [0.1, 0.15) is 6.61 Å². The number of aromatic nitrogens is 4. The number of thioether (sulfide) groups is 1. The molecule has 0 radical (unpaired) electrons. The molecule has 1 aliphatic rings. The molecule has 0 saturated carbocycles. The second kappa shape index (κ2) is 8.55. The maximum absolute atomic E-state index is 13.1. The molecule has 162 valence electrons. The number of ketones is 1. The summed E-state index contributed by atoms with van der Waals surface area (Å²) < 4.78 is 13.9. The summed E-state index contributed by atoms with van der Waals surface area (Å²) in [6, 6.07) is 15.4. The summed E-state index contributed by atoms with van der Waals surface area (Å²) in [6.07, 6.45) is 1.39. The lowest BCUT2D eigenvalue weighted by Crippen LogP contribution is -2.25. The Morgan fingerprint density at radius 3 is 2.84 bits per heavy atom. The fourth-order valence-corrected chi connectivity index (χ4v) is 4.76. The van der Waals surface area contributed by atoms with Gasteiger partial charge in [0.05, 0.1) is 5.75 Å². The van der Waals surface area contributed by atoms with Gasteiger partial charge in [0.25, 0.3) is 0 Å². The first-order chi connectivity index (χ1) is 15.7. The molecule has 4 aromatic rings. The van der Waals surface area contributed by atoms with E-state index in [4.69, 9.17) is 9.47 Å². The molecule has 0 bridgehead atoms. The predicted octanol–water partition coefficient (Wildman–Crippen LogP) is 4.74. The van der Waals surface area contributed by atoms with Crippen LogP contribution in [0.2, 0.25) is 0 Å². The van der Waals surface area contributed by atoms with Gasteiger partial charge in [0.15, 0.2) is 34.4 Å². The number of H-pyrrole nitrogens is 1. The van der Waals surface area contributed by atoms with E-state index < -0.39 is 6.10 Å². The van der Waals surface area contributed by atoms with Crippen LogP contribution in [0.1, 0.15) is 28.0 Å². The Hall–Kier alpha value is -3.52. The Morgan fingerprint density at radius 2 is 2.00 bits per heavy atom. The van der Waals surface area contributed by atoms with Gasteiger partial charge in [-0.2, -0.15) is 0 Å². The van der Waals surface area contributed by atoms with E-state index in [0.29, 0.717) is 35.6 Å². The average Bonchev–Trinajstić information content (AvgIpc) is 3.37. The van der Waals surface area contributed by atoms with Gasteiger partial charge in [0.2, 0.25) is 0 Å². The summed E-state index contributed by atoms with van der Waals surface area (Å²) in [5, 5.41) is 10.3. The molecule has 2 aromatic heterocycles. The van der Waals surface area contributed by atoms with Crippen LogP contribution in [0.25, 0.3) is 10.9 Å². The maximum atomic E-state index is 13.1. The Morgan fingerprint density at radius 1 is 1.22 bits per heavy atom. The summed E-state index contributed by atoms with van der Waals surface area (Å²) >= 11 is 1.36. The molecule has 32 heavy (non-hydrogen) atoms. The lowest BCUT2D eigenvalue weighted by molar-refractivity contribution is 0.0821. The van der Waals surface area contributed by atoms with Crippen molar-refractivity contribution in [3.8, 4) is 11.5 Å². The summed E-state index contributed by atoms with van der Waals surface area (Å²) in [4.78, 5) is 16.4. The standard InChI is InChI=1S/C24H22N4O3S/c1-3-12-28-23(21-13-30-19-10-6-7-11-20(19)31-21)26-27-24(28)32-14-18(29)22-15(2)25-17-9-5-4-8-16(17)22/h3-11,21,25H,1,12-14H2,2H3/t21-/m1/s1. The first-order valence-corrected chi connectivity index (χ1v) is 11.3. The van der Waals surface area contributed by atoms with Crippen molar-refractivity contribution in [2.45, 2.75) is 24.7 Å². The zero-order chi connectivity index (χ0) is 22.1.